The molecule has 7 nitrogen and oxygen atoms in total. The van der Waals surface area contributed by atoms with Gasteiger partial charge in [-0.15, -0.1) is 0 Å². The van der Waals surface area contributed by atoms with Crippen molar-refractivity contribution in [3.63, 3.8) is 0 Å². The Kier molecular flexibility index (Phi) is 8.10. The first-order chi connectivity index (χ1) is 13.2. The molecule has 0 unspecified atom stereocenters. The maximum atomic E-state index is 12.5. The molecule has 0 atom stereocenters. The number of halogens is 1. The van der Waals surface area contributed by atoms with Crippen molar-refractivity contribution in [3.8, 4) is 5.75 Å². The molecule has 0 bridgehead atoms. The SMILES string of the molecule is COc1ccc(Cl)cc1NC(=O)CN1CCCN(CC(=O)NC(C)(C)C)CC1. The monoisotopic (exact) mass is 410 g/mol. The molecule has 0 radical (unpaired) electrons. The van der Waals surface area contributed by atoms with Gasteiger partial charge >= 0.3 is 0 Å². The number of nitrogens with one attached hydrogen (secondary N) is 2. The molecule has 156 valence electrons. The summed E-state index contributed by atoms with van der Waals surface area (Å²) in [7, 11) is 1.55. The Morgan fingerprint density at radius 1 is 1.07 bits per heavy atom. The molecular weight excluding hydrogens is 380 g/mol. The van der Waals surface area contributed by atoms with E-state index in [0.29, 0.717) is 23.0 Å². The molecule has 2 rings (SSSR count). The van der Waals surface area contributed by atoms with Gasteiger partial charge in [0.1, 0.15) is 5.75 Å². The molecule has 0 spiro atoms. The van der Waals surface area contributed by atoms with Crippen LogP contribution in [0.25, 0.3) is 0 Å². The number of amides is 2. The van der Waals surface area contributed by atoms with Crippen LogP contribution in [0, 0.1) is 0 Å². The van der Waals surface area contributed by atoms with Crippen molar-refractivity contribution in [2.45, 2.75) is 32.7 Å². The molecule has 1 saturated heterocycles. The summed E-state index contributed by atoms with van der Waals surface area (Å²) >= 11 is 6.01. The summed E-state index contributed by atoms with van der Waals surface area (Å²) in [5.41, 5.74) is 0.337. The Labute approximate surface area is 172 Å². The number of benzene rings is 1. The van der Waals surface area contributed by atoms with Crippen LogP contribution in [0.3, 0.4) is 0 Å². The summed E-state index contributed by atoms with van der Waals surface area (Å²) in [6.07, 6.45) is 0.913. The van der Waals surface area contributed by atoms with Gasteiger partial charge in [0.2, 0.25) is 11.8 Å². The minimum absolute atomic E-state index is 0.0340. The number of methoxy groups -OCH3 is 1. The average Bonchev–Trinajstić information content (AvgIpc) is 2.78. The first-order valence-corrected chi connectivity index (χ1v) is 9.93. The minimum atomic E-state index is -0.228. The third-order valence-electron chi connectivity index (χ3n) is 4.37. The molecule has 2 N–H and O–H groups in total. The minimum Gasteiger partial charge on any atom is -0.495 e. The molecule has 8 heteroatoms. The number of hydrogen-bond acceptors (Lipinski definition) is 5. The van der Waals surface area contributed by atoms with Gasteiger partial charge in [-0.05, 0) is 58.5 Å². The van der Waals surface area contributed by atoms with E-state index >= 15 is 0 Å². The molecular formula is C20H31ClN4O3. The maximum absolute atomic E-state index is 12.5. The molecule has 1 aliphatic heterocycles. The zero-order valence-corrected chi connectivity index (χ0v) is 17.9. The van der Waals surface area contributed by atoms with Crippen LogP contribution in [0.15, 0.2) is 18.2 Å². The second-order valence-corrected chi connectivity index (χ2v) is 8.53. The number of carbonyl (C=O) groups is 2. The zero-order valence-electron chi connectivity index (χ0n) is 17.2. The number of hydrogen-bond donors (Lipinski definition) is 2. The summed E-state index contributed by atoms with van der Waals surface area (Å²) in [4.78, 5) is 28.8. The lowest BCUT2D eigenvalue weighted by Gasteiger charge is -2.25. The molecule has 2 amide bonds. The topological polar surface area (TPSA) is 73.9 Å². The molecule has 0 aliphatic carbocycles. The van der Waals surface area contributed by atoms with Gasteiger partial charge in [-0.2, -0.15) is 0 Å². The van der Waals surface area contributed by atoms with Crippen molar-refractivity contribution in [2.24, 2.45) is 0 Å². The van der Waals surface area contributed by atoms with Gasteiger partial charge in [0, 0.05) is 23.7 Å². The summed E-state index contributed by atoms with van der Waals surface area (Å²) in [5.74, 6) is 0.496. The molecule has 1 aromatic carbocycles. The van der Waals surface area contributed by atoms with Crippen LogP contribution in [0.4, 0.5) is 5.69 Å². The number of nitrogens with zero attached hydrogens (tertiary/aromatic N) is 2. The molecule has 1 aliphatic rings. The van der Waals surface area contributed by atoms with Crippen molar-refractivity contribution in [1.82, 2.24) is 15.1 Å². The van der Waals surface area contributed by atoms with Gasteiger partial charge in [0.15, 0.2) is 0 Å². The van der Waals surface area contributed by atoms with Crippen molar-refractivity contribution in [3.05, 3.63) is 23.2 Å². The number of rotatable bonds is 6. The number of anilines is 1. The Bertz CT molecular complexity index is 691. The van der Waals surface area contributed by atoms with E-state index < -0.39 is 0 Å². The van der Waals surface area contributed by atoms with E-state index in [9.17, 15) is 9.59 Å². The van der Waals surface area contributed by atoms with Crippen LogP contribution in [0.2, 0.25) is 5.02 Å². The second-order valence-electron chi connectivity index (χ2n) is 8.10. The highest BCUT2D eigenvalue weighted by atomic mass is 35.5. The van der Waals surface area contributed by atoms with E-state index in [1.54, 1.807) is 25.3 Å². The van der Waals surface area contributed by atoms with E-state index in [-0.39, 0.29) is 23.9 Å². The fourth-order valence-electron chi connectivity index (χ4n) is 3.17. The second kappa shape index (κ2) is 10.1. The fourth-order valence-corrected chi connectivity index (χ4v) is 3.34. The lowest BCUT2D eigenvalue weighted by atomic mass is 10.1. The average molecular weight is 411 g/mol. The van der Waals surface area contributed by atoms with Gasteiger partial charge in [0.05, 0.1) is 25.9 Å². The van der Waals surface area contributed by atoms with E-state index in [0.717, 1.165) is 32.6 Å². The summed E-state index contributed by atoms with van der Waals surface area (Å²) in [5, 5.41) is 6.40. The first kappa shape index (κ1) is 22.5. The third-order valence-corrected chi connectivity index (χ3v) is 4.60. The summed E-state index contributed by atoms with van der Waals surface area (Å²) in [6.45, 7) is 9.76. The van der Waals surface area contributed by atoms with Crippen molar-refractivity contribution >= 4 is 29.1 Å². The molecule has 1 aromatic rings. The number of carbonyl (C=O) groups excluding carboxylic acids is 2. The third kappa shape index (κ3) is 7.66. The van der Waals surface area contributed by atoms with Gasteiger partial charge in [-0.1, -0.05) is 11.6 Å². The number of ether oxygens (including phenoxy) is 1. The Morgan fingerprint density at radius 3 is 2.25 bits per heavy atom. The van der Waals surface area contributed by atoms with Crippen molar-refractivity contribution in [1.29, 1.82) is 0 Å². The Morgan fingerprint density at radius 2 is 1.68 bits per heavy atom. The molecule has 1 fully saturated rings. The first-order valence-electron chi connectivity index (χ1n) is 9.55. The van der Waals surface area contributed by atoms with E-state index in [2.05, 4.69) is 20.4 Å². The Balaban J connectivity index is 1.83. The largest absolute Gasteiger partial charge is 0.495 e. The van der Waals surface area contributed by atoms with E-state index in [1.807, 2.05) is 20.8 Å². The Hall–Kier alpha value is -1.83. The van der Waals surface area contributed by atoms with Crippen molar-refractivity contribution in [2.75, 3.05) is 51.7 Å². The highest BCUT2D eigenvalue weighted by molar-refractivity contribution is 6.31. The van der Waals surface area contributed by atoms with Gasteiger partial charge in [-0.25, -0.2) is 0 Å². The lowest BCUT2D eigenvalue weighted by molar-refractivity contribution is -0.123. The van der Waals surface area contributed by atoms with Gasteiger partial charge in [-0.3, -0.25) is 19.4 Å². The standard InChI is InChI=1S/C20H31ClN4O3/c1-20(2,3)23-19(27)14-25-9-5-8-24(10-11-25)13-18(26)22-16-12-15(21)6-7-17(16)28-4/h6-7,12H,5,8-11,13-14H2,1-4H3,(H,22,26)(H,23,27). The van der Waals surface area contributed by atoms with Crippen LogP contribution >= 0.6 is 11.6 Å². The van der Waals surface area contributed by atoms with Crippen LogP contribution in [-0.2, 0) is 9.59 Å². The van der Waals surface area contributed by atoms with Crippen LogP contribution in [0.5, 0.6) is 5.75 Å². The molecule has 0 aromatic heterocycles. The highest BCUT2D eigenvalue weighted by Crippen LogP contribution is 2.27. The van der Waals surface area contributed by atoms with Crippen molar-refractivity contribution < 1.29 is 14.3 Å². The fraction of sp³-hybridized carbons (Fsp3) is 0.600. The molecule has 0 saturated carbocycles. The predicted molar refractivity (Wildman–Crippen MR) is 112 cm³/mol. The van der Waals surface area contributed by atoms with Crippen LogP contribution < -0.4 is 15.4 Å². The van der Waals surface area contributed by atoms with E-state index in [1.165, 1.54) is 0 Å². The molecule has 1 heterocycles. The van der Waals surface area contributed by atoms with Gasteiger partial charge < -0.3 is 15.4 Å². The predicted octanol–water partition coefficient (Wildman–Crippen LogP) is 2.21. The maximum Gasteiger partial charge on any atom is 0.238 e. The molecule has 28 heavy (non-hydrogen) atoms. The zero-order chi connectivity index (χ0) is 20.7. The smallest absolute Gasteiger partial charge is 0.238 e. The summed E-state index contributed by atoms with van der Waals surface area (Å²) in [6, 6.07) is 5.12. The highest BCUT2D eigenvalue weighted by Gasteiger charge is 2.21. The van der Waals surface area contributed by atoms with E-state index in [4.69, 9.17) is 16.3 Å². The lowest BCUT2D eigenvalue weighted by Crippen LogP contribution is -2.46. The summed E-state index contributed by atoms with van der Waals surface area (Å²) < 4.78 is 5.27. The van der Waals surface area contributed by atoms with Crippen LogP contribution in [-0.4, -0.2) is 73.5 Å². The quantitative estimate of drug-likeness (QED) is 0.752. The normalized spacial score (nSPS) is 16.3. The van der Waals surface area contributed by atoms with Gasteiger partial charge in [0.25, 0.3) is 0 Å². The van der Waals surface area contributed by atoms with Crippen LogP contribution in [0.1, 0.15) is 27.2 Å².